The van der Waals surface area contributed by atoms with Gasteiger partial charge < -0.3 is 4.74 Å². The molecule has 5 aromatic rings. The Bertz CT molecular complexity index is 1640. The summed E-state index contributed by atoms with van der Waals surface area (Å²) >= 11 is 12.3. The van der Waals surface area contributed by atoms with Crippen molar-refractivity contribution in [1.82, 2.24) is 24.4 Å². The van der Waals surface area contributed by atoms with Gasteiger partial charge in [0, 0.05) is 41.3 Å². The molecule has 0 amide bonds. The van der Waals surface area contributed by atoms with Gasteiger partial charge in [0.15, 0.2) is 5.65 Å². The van der Waals surface area contributed by atoms with Crippen LogP contribution in [0, 0.1) is 0 Å². The first kappa shape index (κ1) is 24.9. The van der Waals surface area contributed by atoms with Crippen molar-refractivity contribution in [1.29, 1.82) is 0 Å². The first-order chi connectivity index (χ1) is 17.6. The Morgan fingerprint density at radius 3 is 2.03 bits per heavy atom. The maximum Gasteiger partial charge on any atom is 0.367 e. The van der Waals surface area contributed by atoms with E-state index in [1.165, 1.54) is 23.9 Å². The van der Waals surface area contributed by atoms with E-state index in [2.05, 4.69) is 15.2 Å². The third-order valence-electron chi connectivity index (χ3n) is 5.74. The quantitative estimate of drug-likeness (QED) is 0.257. The zero-order chi connectivity index (χ0) is 26.3. The van der Waals surface area contributed by atoms with Crippen molar-refractivity contribution in [2.24, 2.45) is 7.05 Å². The summed E-state index contributed by atoms with van der Waals surface area (Å²) in [5.74, 6) is -2.88. The van der Waals surface area contributed by atoms with Gasteiger partial charge in [-0.3, -0.25) is 4.98 Å². The second-order valence-corrected chi connectivity index (χ2v) is 9.30. The number of aromatic nitrogens is 5. The van der Waals surface area contributed by atoms with E-state index >= 15 is 0 Å². The smallest absolute Gasteiger partial charge is 0.367 e. The van der Waals surface area contributed by atoms with Crippen molar-refractivity contribution < 1.29 is 13.5 Å². The number of hydrogen-bond donors (Lipinski definition) is 0. The van der Waals surface area contributed by atoms with E-state index in [-0.39, 0.29) is 18.1 Å². The van der Waals surface area contributed by atoms with E-state index in [1.807, 2.05) is 12.1 Å². The number of nitrogens with zero attached hydrogens (tertiary/aromatic N) is 5. The van der Waals surface area contributed by atoms with Gasteiger partial charge in [0.2, 0.25) is 5.88 Å². The predicted molar refractivity (Wildman–Crippen MR) is 137 cm³/mol. The highest BCUT2D eigenvalue weighted by Crippen LogP contribution is 2.41. The molecule has 5 rings (SSSR count). The second kappa shape index (κ2) is 9.57. The van der Waals surface area contributed by atoms with Crippen LogP contribution in [-0.2, 0) is 19.6 Å². The summed E-state index contributed by atoms with van der Waals surface area (Å²) in [5, 5.41) is 9.96. The van der Waals surface area contributed by atoms with Gasteiger partial charge in [-0.15, -0.1) is 10.2 Å². The molecule has 0 unspecified atom stereocenters. The number of pyridine rings is 1. The molecule has 188 valence electrons. The number of hydrogen-bond acceptors (Lipinski definition) is 5. The van der Waals surface area contributed by atoms with Gasteiger partial charge >= 0.3 is 5.69 Å². The molecule has 0 radical (unpaired) electrons. The van der Waals surface area contributed by atoms with Crippen LogP contribution in [0.25, 0.3) is 27.9 Å². The first-order valence-corrected chi connectivity index (χ1v) is 11.9. The van der Waals surface area contributed by atoms with Gasteiger partial charge in [0.25, 0.3) is 5.92 Å². The topological polar surface area (TPSA) is 74.3 Å². The molecule has 0 N–H and O–H groups in total. The van der Waals surface area contributed by atoms with Crippen LogP contribution in [0.15, 0.2) is 71.7 Å². The molecule has 0 saturated heterocycles. The number of alkyl halides is 2. The fourth-order valence-electron chi connectivity index (χ4n) is 3.85. The molecule has 0 fully saturated rings. The van der Waals surface area contributed by atoms with Crippen molar-refractivity contribution in [3.05, 3.63) is 98.6 Å². The SMILES string of the molecule is Cn1nc2c(-c3ccc(Cl)cc3)c(-c3ccc(Cl)cc3)c(OCc3ccc(C(C)(F)F)cn3)nn2c1=O. The highest BCUT2D eigenvalue weighted by atomic mass is 35.5. The van der Waals surface area contributed by atoms with Crippen molar-refractivity contribution in [3.63, 3.8) is 0 Å². The van der Waals surface area contributed by atoms with Crippen LogP contribution >= 0.6 is 23.2 Å². The van der Waals surface area contributed by atoms with Crippen molar-refractivity contribution >= 4 is 28.8 Å². The highest BCUT2D eigenvalue weighted by molar-refractivity contribution is 6.31. The summed E-state index contributed by atoms with van der Waals surface area (Å²) in [7, 11) is 1.53. The summed E-state index contributed by atoms with van der Waals surface area (Å²) in [6, 6.07) is 16.9. The third-order valence-corrected chi connectivity index (χ3v) is 6.24. The number of fused-ring (bicyclic) bond motifs is 1. The molecule has 0 atom stereocenters. The Morgan fingerprint density at radius 1 is 0.892 bits per heavy atom. The van der Waals surface area contributed by atoms with Gasteiger partial charge in [-0.2, -0.15) is 4.52 Å². The molecule has 0 spiro atoms. The molecule has 0 aliphatic rings. The van der Waals surface area contributed by atoms with E-state index in [9.17, 15) is 13.6 Å². The maximum atomic E-state index is 13.6. The van der Waals surface area contributed by atoms with Gasteiger partial charge in [0.05, 0.1) is 11.3 Å². The standard InChI is InChI=1S/C26H19Cl2F2N5O2/c1-26(29,30)17-7-12-20(31-13-17)14-37-24-22(16-5-10-19(28)11-6-16)21(15-3-8-18(27)9-4-15)23-32-34(2)25(36)35(23)33-24/h3-13H,14H2,1-2H3. The summed E-state index contributed by atoms with van der Waals surface area (Å²) in [6.45, 7) is 0.728. The summed E-state index contributed by atoms with van der Waals surface area (Å²) < 4.78 is 35.6. The van der Waals surface area contributed by atoms with Crippen molar-refractivity contribution in [3.8, 4) is 28.1 Å². The van der Waals surface area contributed by atoms with Crippen molar-refractivity contribution in [2.75, 3.05) is 0 Å². The molecule has 11 heteroatoms. The van der Waals surface area contributed by atoms with Crippen LogP contribution in [0.5, 0.6) is 5.88 Å². The summed E-state index contributed by atoms with van der Waals surface area (Å²) in [5.41, 5.74) is 2.65. The Labute approximate surface area is 219 Å². The van der Waals surface area contributed by atoms with E-state index in [0.29, 0.717) is 38.1 Å². The van der Waals surface area contributed by atoms with Crippen LogP contribution in [-0.4, -0.2) is 24.4 Å². The largest absolute Gasteiger partial charge is 0.470 e. The van der Waals surface area contributed by atoms with Crippen LogP contribution in [0.4, 0.5) is 8.78 Å². The zero-order valence-electron chi connectivity index (χ0n) is 19.6. The minimum absolute atomic E-state index is 0.0796. The first-order valence-electron chi connectivity index (χ1n) is 11.1. The van der Waals surface area contributed by atoms with E-state index in [4.69, 9.17) is 27.9 Å². The summed E-state index contributed by atoms with van der Waals surface area (Å²) in [6.07, 6.45) is 1.11. The average molecular weight is 542 g/mol. The Morgan fingerprint density at radius 2 is 1.49 bits per heavy atom. The van der Waals surface area contributed by atoms with Gasteiger partial charge in [0.1, 0.15) is 6.61 Å². The minimum Gasteiger partial charge on any atom is -0.470 e. The van der Waals surface area contributed by atoms with Gasteiger partial charge in [-0.25, -0.2) is 18.3 Å². The molecule has 37 heavy (non-hydrogen) atoms. The Balaban J connectivity index is 1.70. The maximum absolute atomic E-state index is 13.6. The number of aryl methyl sites for hydroxylation is 1. The zero-order valence-corrected chi connectivity index (χ0v) is 21.1. The number of halogens is 4. The van der Waals surface area contributed by atoms with Crippen LogP contribution in [0.3, 0.4) is 0 Å². The molecular weight excluding hydrogens is 523 g/mol. The Kier molecular flexibility index (Phi) is 6.43. The molecule has 7 nitrogen and oxygen atoms in total. The molecule has 0 saturated carbocycles. The van der Waals surface area contributed by atoms with E-state index in [0.717, 1.165) is 23.2 Å². The lowest BCUT2D eigenvalue weighted by molar-refractivity contribution is 0.0170. The molecule has 3 heterocycles. The lowest BCUT2D eigenvalue weighted by Crippen LogP contribution is -2.20. The summed E-state index contributed by atoms with van der Waals surface area (Å²) in [4.78, 5) is 16.9. The Hall–Kier alpha value is -3.82. The third kappa shape index (κ3) is 4.92. The van der Waals surface area contributed by atoms with E-state index in [1.54, 1.807) is 36.4 Å². The lowest BCUT2D eigenvalue weighted by atomic mass is 9.96. The fourth-order valence-corrected chi connectivity index (χ4v) is 4.10. The fraction of sp³-hybridized carbons (Fsp3) is 0.154. The number of rotatable bonds is 6. The monoisotopic (exact) mass is 541 g/mol. The van der Waals surface area contributed by atoms with Crippen LogP contribution in [0.2, 0.25) is 10.0 Å². The highest BCUT2D eigenvalue weighted by Gasteiger charge is 2.25. The molecular formula is C26H19Cl2F2N5O2. The predicted octanol–water partition coefficient (Wildman–Crippen LogP) is 6.15. The van der Waals surface area contributed by atoms with E-state index < -0.39 is 11.6 Å². The lowest BCUT2D eigenvalue weighted by Gasteiger charge is -2.16. The molecule has 0 aliphatic heterocycles. The molecule has 0 bridgehead atoms. The van der Waals surface area contributed by atoms with Gasteiger partial charge in [-0.05, 0) is 47.5 Å². The molecule has 3 aromatic heterocycles. The van der Waals surface area contributed by atoms with Crippen LogP contribution in [0.1, 0.15) is 18.2 Å². The normalized spacial score (nSPS) is 11.7. The number of ether oxygens (including phenoxy) is 1. The minimum atomic E-state index is -3.00. The van der Waals surface area contributed by atoms with Gasteiger partial charge in [-0.1, -0.05) is 47.5 Å². The average Bonchev–Trinajstić information content (AvgIpc) is 3.16. The molecule has 2 aromatic carbocycles. The number of benzene rings is 2. The second-order valence-electron chi connectivity index (χ2n) is 8.43. The van der Waals surface area contributed by atoms with Crippen LogP contribution < -0.4 is 10.4 Å². The molecule has 0 aliphatic carbocycles. The van der Waals surface area contributed by atoms with Crippen molar-refractivity contribution in [2.45, 2.75) is 19.5 Å².